The fourth-order valence-corrected chi connectivity index (χ4v) is 2.76. The molecular formula is C17H13Br. The van der Waals surface area contributed by atoms with E-state index in [1.807, 2.05) is 24.3 Å². The molecule has 0 bridgehead atoms. The van der Waals surface area contributed by atoms with Crippen LogP contribution in [0.3, 0.4) is 0 Å². The maximum absolute atomic E-state index is 3.46. The zero-order valence-corrected chi connectivity index (χ0v) is 11.6. The Morgan fingerprint density at radius 3 is 2.44 bits per heavy atom. The highest BCUT2D eigenvalue weighted by Gasteiger charge is 2.09. The standard InChI is InChI=1S/C17H13Br/c18-17-6-1-3-13(12-17)7-8-14-9-10-15-4-2-5-16(15)11-14/h1,3,6,9-12H,2,4-5H2. The maximum atomic E-state index is 3.46. The fraction of sp³-hybridized carbons (Fsp3) is 0.176. The number of hydrogen-bond donors (Lipinski definition) is 0. The molecule has 0 N–H and O–H groups in total. The van der Waals surface area contributed by atoms with Crippen molar-refractivity contribution in [1.29, 1.82) is 0 Å². The van der Waals surface area contributed by atoms with Crippen molar-refractivity contribution in [3.05, 3.63) is 69.2 Å². The summed E-state index contributed by atoms with van der Waals surface area (Å²) in [6, 6.07) is 14.7. The van der Waals surface area contributed by atoms with Crippen LogP contribution in [0.2, 0.25) is 0 Å². The lowest BCUT2D eigenvalue weighted by Crippen LogP contribution is -1.84. The van der Waals surface area contributed by atoms with Gasteiger partial charge in [-0.25, -0.2) is 0 Å². The van der Waals surface area contributed by atoms with Crippen LogP contribution < -0.4 is 0 Å². The number of hydrogen-bond acceptors (Lipinski definition) is 0. The summed E-state index contributed by atoms with van der Waals surface area (Å²) in [4.78, 5) is 0. The highest BCUT2D eigenvalue weighted by Crippen LogP contribution is 2.22. The molecule has 0 atom stereocenters. The molecule has 2 aromatic carbocycles. The summed E-state index contributed by atoms with van der Waals surface area (Å²) < 4.78 is 1.07. The van der Waals surface area contributed by atoms with Gasteiger partial charge in [-0.2, -0.15) is 0 Å². The zero-order chi connectivity index (χ0) is 12.4. The minimum Gasteiger partial charge on any atom is -0.0616 e. The van der Waals surface area contributed by atoms with Gasteiger partial charge in [-0.3, -0.25) is 0 Å². The first-order valence-corrected chi connectivity index (χ1v) is 7.00. The van der Waals surface area contributed by atoms with Gasteiger partial charge in [-0.05, 0) is 60.7 Å². The molecule has 0 nitrogen and oxygen atoms in total. The van der Waals surface area contributed by atoms with E-state index in [2.05, 4.69) is 46.0 Å². The van der Waals surface area contributed by atoms with E-state index < -0.39 is 0 Å². The normalized spacial score (nSPS) is 12.7. The molecule has 0 amide bonds. The molecular weight excluding hydrogens is 284 g/mol. The fourth-order valence-electron chi connectivity index (χ4n) is 2.36. The zero-order valence-electron chi connectivity index (χ0n) is 10.0. The van der Waals surface area contributed by atoms with Gasteiger partial charge < -0.3 is 0 Å². The number of fused-ring (bicyclic) bond motifs is 1. The van der Waals surface area contributed by atoms with Crippen LogP contribution in [0.15, 0.2) is 46.9 Å². The Hall–Kier alpha value is -1.52. The summed E-state index contributed by atoms with van der Waals surface area (Å²) in [5.41, 5.74) is 5.15. The van der Waals surface area contributed by atoms with Gasteiger partial charge in [0.1, 0.15) is 0 Å². The summed E-state index contributed by atoms with van der Waals surface area (Å²) >= 11 is 3.46. The third kappa shape index (κ3) is 2.49. The topological polar surface area (TPSA) is 0 Å². The Kier molecular flexibility index (Phi) is 3.21. The predicted octanol–water partition coefficient (Wildman–Crippen LogP) is 4.34. The Bertz CT molecular complexity index is 644. The van der Waals surface area contributed by atoms with Crippen molar-refractivity contribution in [3.63, 3.8) is 0 Å². The predicted molar refractivity (Wildman–Crippen MR) is 78.6 cm³/mol. The smallest absolute Gasteiger partial charge is 0.0260 e. The second kappa shape index (κ2) is 5.00. The molecule has 0 fully saturated rings. The quantitative estimate of drug-likeness (QED) is 0.635. The van der Waals surface area contributed by atoms with E-state index in [0.717, 1.165) is 15.6 Å². The monoisotopic (exact) mass is 296 g/mol. The summed E-state index contributed by atoms with van der Waals surface area (Å²) in [6.45, 7) is 0. The summed E-state index contributed by atoms with van der Waals surface area (Å²) in [6.07, 6.45) is 3.73. The van der Waals surface area contributed by atoms with Crippen molar-refractivity contribution in [1.82, 2.24) is 0 Å². The molecule has 0 spiro atoms. The van der Waals surface area contributed by atoms with Gasteiger partial charge in [-0.15, -0.1) is 0 Å². The average molecular weight is 297 g/mol. The second-order valence-corrected chi connectivity index (χ2v) is 5.51. The van der Waals surface area contributed by atoms with Crippen molar-refractivity contribution in [2.24, 2.45) is 0 Å². The van der Waals surface area contributed by atoms with Gasteiger partial charge in [0.05, 0.1) is 0 Å². The summed E-state index contributed by atoms with van der Waals surface area (Å²) in [5, 5.41) is 0. The van der Waals surface area contributed by atoms with Crippen LogP contribution in [0, 0.1) is 11.8 Å². The van der Waals surface area contributed by atoms with Crippen LogP contribution in [0.4, 0.5) is 0 Å². The molecule has 0 saturated carbocycles. The summed E-state index contributed by atoms with van der Waals surface area (Å²) in [7, 11) is 0. The lowest BCUT2D eigenvalue weighted by molar-refractivity contribution is 0.912. The van der Waals surface area contributed by atoms with E-state index in [4.69, 9.17) is 0 Å². The van der Waals surface area contributed by atoms with E-state index in [0.29, 0.717) is 0 Å². The van der Waals surface area contributed by atoms with Gasteiger partial charge in [0, 0.05) is 15.6 Å². The molecule has 1 aliphatic carbocycles. The van der Waals surface area contributed by atoms with Crippen molar-refractivity contribution >= 4 is 15.9 Å². The minimum atomic E-state index is 1.05. The van der Waals surface area contributed by atoms with Gasteiger partial charge in [-0.1, -0.05) is 39.9 Å². The van der Waals surface area contributed by atoms with Crippen molar-refractivity contribution in [3.8, 4) is 11.8 Å². The van der Waals surface area contributed by atoms with Crippen LogP contribution in [0.1, 0.15) is 28.7 Å². The molecule has 88 valence electrons. The molecule has 0 saturated heterocycles. The lowest BCUT2D eigenvalue weighted by atomic mass is 10.1. The molecule has 0 radical (unpaired) electrons. The van der Waals surface area contributed by atoms with Gasteiger partial charge in [0.15, 0.2) is 0 Å². The van der Waals surface area contributed by atoms with E-state index in [1.54, 1.807) is 0 Å². The molecule has 2 aromatic rings. The number of rotatable bonds is 0. The number of halogens is 1. The van der Waals surface area contributed by atoms with Crippen molar-refractivity contribution in [2.45, 2.75) is 19.3 Å². The highest BCUT2D eigenvalue weighted by molar-refractivity contribution is 9.10. The maximum Gasteiger partial charge on any atom is 0.0260 e. The second-order valence-electron chi connectivity index (χ2n) is 4.60. The van der Waals surface area contributed by atoms with Crippen LogP contribution >= 0.6 is 15.9 Å². The van der Waals surface area contributed by atoms with E-state index in [1.165, 1.54) is 30.4 Å². The Balaban J connectivity index is 1.89. The third-order valence-electron chi connectivity index (χ3n) is 3.27. The Morgan fingerprint density at radius 1 is 0.833 bits per heavy atom. The molecule has 1 aliphatic rings. The number of benzene rings is 2. The largest absolute Gasteiger partial charge is 0.0616 e. The van der Waals surface area contributed by atoms with Crippen LogP contribution in [-0.2, 0) is 12.8 Å². The molecule has 0 aliphatic heterocycles. The lowest BCUT2D eigenvalue weighted by Gasteiger charge is -1.98. The minimum absolute atomic E-state index is 1.05. The van der Waals surface area contributed by atoms with E-state index >= 15 is 0 Å². The highest BCUT2D eigenvalue weighted by atomic mass is 79.9. The van der Waals surface area contributed by atoms with Crippen LogP contribution in [-0.4, -0.2) is 0 Å². The first-order chi connectivity index (χ1) is 8.81. The Labute approximate surface area is 116 Å². The number of aryl methyl sites for hydroxylation is 2. The SMILES string of the molecule is Brc1cccc(C#Cc2ccc3c(c2)CCC3)c1. The average Bonchev–Trinajstić information content (AvgIpc) is 2.84. The van der Waals surface area contributed by atoms with Gasteiger partial charge >= 0.3 is 0 Å². The first-order valence-electron chi connectivity index (χ1n) is 6.21. The molecule has 0 aromatic heterocycles. The van der Waals surface area contributed by atoms with Gasteiger partial charge in [0.25, 0.3) is 0 Å². The van der Waals surface area contributed by atoms with Gasteiger partial charge in [0.2, 0.25) is 0 Å². The van der Waals surface area contributed by atoms with Crippen molar-refractivity contribution < 1.29 is 0 Å². The molecule has 18 heavy (non-hydrogen) atoms. The van der Waals surface area contributed by atoms with Crippen molar-refractivity contribution in [2.75, 3.05) is 0 Å². The first kappa shape index (κ1) is 11.6. The summed E-state index contributed by atoms with van der Waals surface area (Å²) in [5.74, 6) is 6.46. The Morgan fingerprint density at radius 2 is 1.61 bits per heavy atom. The van der Waals surface area contributed by atoms with E-state index in [-0.39, 0.29) is 0 Å². The third-order valence-corrected chi connectivity index (χ3v) is 3.77. The molecule has 0 heterocycles. The molecule has 3 rings (SSSR count). The van der Waals surface area contributed by atoms with Crippen LogP contribution in [0.25, 0.3) is 0 Å². The van der Waals surface area contributed by atoms with Crippen LogP contribution in [0.5, 0.6) is 0 Å². The molecule has 0 unspecified atom stereocenters. The molecule has 1 heteroatoms. The van der Waals surface area contributed by atoms with E-state index in [9.17, 15) is 0 Å².